The number of carbonyl (C=O) groups excluding carboxylic acids is 1. The Hall–Kier alpha value is -1.34. The number of likely N-dealkylation sites (tertiary alicyclic amines) is 1. The second-order valence-electron chi connectivity index (χ2n) is 4.71. The lowest BCUT2D eigenvalue weighted by molar-refractivity contribution is -0.138. The maximum absolute atomic E-state index is 11.9. The number of rotatable bonds is 3. The third-order valence-corrected chi connectivity index (χ3v) is 3.30. The van der Waals surface area contributed by atoms with Crippen LogP contribution >= 0.6 is 0 Å². The summed E-state index contributed by atoms with van der Waals surface area (Å²) in [7, 11) is 0. The van der Waals surface area contributed by atoms with Gasteiger partial charge in [-0.3, -0.25) is 10.2 Å². The van der Waals surface area contributed by atoms with Crippen LogP contribution in [0.15, 0.2) is 0 Å². The van der Waals surface area contributed by atoms with Crippen molar-refractivity contribution in [3.8, 4) is 0 Å². The van der Waals surface area contributed by atoms with Crippen molar-refractivity contribution in [2.45, 2.75) is 12.8 Å². The number of carbonyl (C=O) groups is 2. The Bertz CT molecular complexity index is 317. The smallest absolute Gasteiger partial charge is 0.331 e. The Morgan fingerprint density at radius 3 is 2.67 bits per heavy atom. The number of ether oxygens (including phenoxy) is 1. The fourth-order valence-corrected chi connectivity index (χ4v) is 2.31. The summed E-state index contributed by atoms with van der Waals surface area (Å²) in [5, 5.41) is 10.6. The lowest BCUT2D eigenvalue weighted by Gasteiger charge is -2.29. The highest BCUT2D eigenvalue weighted by Gasteiger charge is 2.28. The summed E-state index contributed by atoms with van der Waals surface area (Å²) in [6.45, 7) is 3.80. The van der Waals surface area contributed by atoms with E-state index in [9.17, 15) is 9.59 Å². The molecule has 2 aliphatic rings. The highest BCUT2D eigenvalue weighted by atomic mass is 16.5. The van der Waals surface area contributed by atoms with Crippen LogP contribution in [0.5, 0.6) is 0 Å². The van der Waals surface area contributed by atoms with E-state index in [1.54, 1.807) is 4.90 Å². The zero-order valence-electron chi connectivity index (χ0n) is 10.3. The lowest BCUT2D eigenvalue weighted by Crippen LogP contribution is -2.52. The second-order valence-corrected chi connectivity index (χ2v) is 4.71. The van der Waals surface area contributed by atoms with E-state index in [1.165, 1.54) is 0 Å². The lowest BCUT2D eigenvalue weighted by atomic mass is 10.1. The first kappa shape index (κ1) is 13.1. The van der Waals surface area contributed by atoms with Crippen LogP contribution in [0.3, 0.4) is 0 Å². The number of carboxylic acids is 1. The molecular weight excluding hydrogens is 238 g/mol. The summed E-state index contributed by atoms with van der Waals surface area (Å²) >= 11 is 0. The van der Waals surface area contributed by atoms with Crippen molar-refractivity contribution in [1.29, 1.82) is 0 Å². The van der Waals surface area contributed by atoms with Crippen molar-refractivity contribution in [3.05, 3.63) is 0 Å². The van der Waals surface area contributed by atoms with Gasteiger partial charge >= 0.3 is 12.0 Å². The van der Waals surface area contributed by atoms with Gasteiger partial charge in [0.25, 0.3) is 0 Å². The van der Waals surface area contributed by atoms with E-state index >= 15 is 0 Å². The standard InChI is InChI=1S/C11H19N3O4/c15-10(16)7-9-1-2-13(8-9)11(17)12-14-3-5-18-6-4-14/h9H,1-8H2,(H,12,17)(H,15,16). The molecule has 2 rings (SSSR count). The van der Waals surface area contributed by atoms with Crippen molar-refractivity contribution in [3.63, 3.8) is 0 Å². The van der Waals surface area contributed by atoms with Gasteiger partial charge in [-0.05, 0) is 12.3 Å². The molecule has 102 valence electrons. The molecule has 2 saturated heterocycles. The Balaban J connectivity index is 1.74. The molecule has 0 aromatic carbocycles. The van der Waals surface area contributed by atoms with Crippen LogP contribution in [-0.2, 0) is 9.53 Å². The Kier molecular flexibility index (Phi) is 4.38. The SMILES string of the molecule is O=C(O)CC1CCN(C(=O)NN2CCOCC2)C1. The monoisotopic (exact) mass is 257 g/mol. The largest absolute Gasteiger partial charge is 0.481 e. The van der Waals surface area contributed by atoms with E-state index in [1.807, 2.05) is 5.01 Å². The number of nitrogens with one attached hydrogen (secondary N) is 1. The quantitative estimate of drug-likeness (QED) is 0.728. The molecule has 7 heteroatoms. The van der Waals surface area contributed by atoms with Crippen LogP contribution in [0.2, 0.25) is 0 Å². The van der Waals surface area contributed by atoms with Crippen LogP contribution in [0, 0.1) is 5.92 Å². The van der Waals surface area contributed by atoms with E-state index in [4.69, 9.17) is 9.84 Å². The maximum atomic E-state index is 11.9. The van der Waals surface area contributed by atoms with Crippen molar-refractivity contribution in [1.82, 2.24) is 15.3 Å². The van der Waals surface area contributed by atoms with Gasteiger partial charge in [-0.15, -0.1) is 0 Å². The minimum absolute atomic E-state index is 0.0814. The number of carboxylic acid groups (broad SMARTS) is 1. The van der Waals surface area contributed by atoms with E-state index in [2.05, 4.69) is 5.43 Å². The summed E-state index contributed by atoms with van der Waals surface area (Å²) < 4.78 is 5.20. The minimum atomic E-state index is -0.796. The molecule has 1 unspecified atom stereocenters. The van der Waals surface area contributed by atoms with Gasteiger partial charge in [-0.25, -0.2) is 9.80 Å². The molecule has 7 nitrogen and oxygen atoms in total. The van der Waals surface area contributed by atoms with Gasteiger partial charge in [0.05, 0.1) is 13.2 Å². The zero-order chi connectivity index (χ0) is 13.0. The fourth-order valence-electron chi connectivity index (χ4n) is 2.31. The van der Waals surface area contributed by atoms with Gasteiger partial charge < -0.3 is 14.7 Å². The molecule has 0 aromatic rings. The molecule has 2 aliphatic heterocycles. The third kappa shape index (κ3) is 3.58. The van der Waals surface area contributed by atoms with E-state index < -0.39 is 5.97 Å². The maximum Gasteiger partial charge on any atom is 0.331 e. The Morgan fingerprint density at radius 2 is 2.00 bits per heavy atom. The summed E-state index contributed by atoms with van der Waals surface area (Å²) in [6, 6.07) is -0.134. The van der Waals surface area contributed by atoms with E-state index in [0.717, 1.165) is 6.42 Å². The summed E-state index contributed by atoms with van der Waals surface area (Å²) in [4.78, 5) is 24.2. The number of morpholine rings is 1. The van der Waals surface area contributed by atoms with Crippen LogP contribution in [-0.4, -0.2) is 66.4 Å². The number of nitrogens with zero attached hydrogens (tertiary/aromatic N) is 2. The van der Waals surface area contributed by atoms with Crippen molar-refractivity contribution < 1.29 is 19.4 Å². The van der Waals surface area contributed by atoms with Crippen LogP contribution < -0.4 is 5.43 Å². The number of hydrogen-bond acceptors (Lipinski definition) is 4. The van der Waals surface area contributed by atoms with Crippen molar-refractivity contribution >= 4 is 12.0 Å². The molecule has 2 fully saturated rings. The van der Waals surface area contributed by atoms with Crippen molar-refractivity contribution in [2.24, 2.45) is 5.92 Å². The average molecular weight is 257 g/mol. The van der Waals surface area contributed by atoms with Gasteiger partial charge in [-0.1, -0.05) is 0 Å². The number of aliphatic carboxylic acids is 1. The highest BCUT2D eigenvalue weighted by Crippen LogP contribution is 2.19. The molecule has 2 N–H and O–H groups in total. The summed E-state index contributed by atoms with van der Waals surface area (Å²) in [6.07, 6.45) is 0.907. The van der Waals surface area contributed by atoms with Gasteiger partial charge in [-0.2, -0.15) is 0 Å². The molecule has 1 atom stereocenters. The molecule has 0 saturated carbocycles. The topological polar surface area (TPSA) is 82.1 Å². The number of hydrazine groups is 1. The highest BCUT2D eigenvalue weighted by molar-refractivity contribution is 5.74. The predicted molar refractivity (Wildman–Crippen MR) is 62.9 cm³/mol. The molecule has 18 heavy (non-hydrogen) atoms. The molecule has 0 aromatic heterocycles. The summed E-state index contributed by atoms with van der Waals surface area (Å²) in [5.74, 6) is -0.714. The van der Waals surface area contributed by atoms with Gasteiger partial charge in [0.15, 0.2) is 0 Å². The first-order valence-corrected chi connectivity index (χ1v) is 6.25. The zero-order valence-corrected chi connectivity index (χ0v) is 10.3. The number of urea groups is 1. The summed E-state index contributed by atoms with van der Waals surface area (Å²) in [5.41, 5.74) is 2.83. The number of hydrogen-bond donors (Lipinski definition) is 2. The first-order valence-electron chi connectivity index (χ1n) is 6.25. The fraction of sp³-hybridized carbons (Fsp3) is 0.818. The Labute approximate surface area is 106 Å². The second kappa shape index (κ2) is 6.01. The molecule has 0 radical (unpaired) electrons. The van der Waals surface area contributed by atoms with Crippen LogP contribution in [0.1, 0.15) is 12.8 Å². The van der Waals surface area contributed by atoms with Gasteiger partial charge in [0, 0.05) is 32.6 Å². The molecular formula is C11H19N3O4. The normalized spacial score (nSPS) is 25.1. The molecule has 2 amide bonds. The van der Waals surface area contributed by atoms with Gasteiger partial charge in [0.2, 0.25) is 0 Å². The minimum Gasteiger partial charge on any atom is -0.481 e. The van der Waals surface area contributed by atoms with E-state index in [0.29, 0.717) is 39.4 Å². The Morgan fingerprint density at radius 1 is 1.28 bits per heavy atom. The van der Waals surface area contributed by atoms with Crippen LogP contribution in [0.4, 0.5) is 4.79 Å². The molecule has 2 heterocycles. The molecule has 0 spiro atoms. The van der Waals surface area contributed by atoms with Gasteiger partial charge in [0.1, 0.15) is 0 Å². The third-order valence-electron chi connectivity index (χ3n) is 3.30. The van der Waals surface area contributed by atoms with Crippen LogP contribution in [0.25, 0.3) is 0 Å². The average Bonchev–Trinajstić information content (AvgIpc) is 2.78. The number of amides is 2. The first-order chi connectivity index (χ1) is 8.65. The van der Waals surface area contributed by atoms with Crippen molar-refractivity contribution in [2.75, 3.05) is 39.4 Å². The predicted octanol–water partition coefficient (Wildman–Crippen LogP) is -0.260. The van der Waals surface area contributed by atoms with E-state index in [-0.39, 0.29) is 18.4 Å². The molecule has 0 bridgehead atoms. The molecule has 0 aliphatic carbocycles.